The molecule has 7 nitrogen and oxygen atoms in total. The summed E-state index contributed by atoms with van der Waals surface area (Å²) < 4.78 is 11.0. The minimum atomic E-state index is 0.133. The van der Waals surface area contributed by atoms with Crippen molar-refractivity contribution in [3.05, 3.63) is 54.1 Å². The largest absolute Gasteiger partial charge is 0.459 e. The summed E-state index contributed by atoms with van der Waals surface area (Å²) in [6.07, 6.45) is 3.46. The highest BCUT2D eigenvalue weighted by Gasteiger charge is 2.27. The number of rotatable bonds is 7. The van der Waals surface area contributed by atoms with Crippen LogP contribution in [0.25, 0.3) is 11.7 Å². The van der Waals surface area contributed by atoms with Crippen LogP contribution < -0.4 is 9.80 Å². The standard InChI is InChI=1S/C20H22N4O3/c1-2-10-23(13-18-21-22-20(27-18)17-8-5-12-26-17)14-19(25)24-11-9-15-6-3-4-7-16(15)24/h3-8,12H,2,9-11,13-14H2,1H3/p+1. The van der Waals surface area contributed by atoms with Gasteiger partial charge in [-0.05, 0) is 36.6 Å². The second-order valence-corrected chi connectivity index (χ2v) is 6.76. The molecule has 1 amide bonds. The van der Waals surface area contributed by atoms with Crippen LogP contribution in [0.5, 0.6) is 0 Å². The van der Waals surface area contributed by atoms with E-state index in [1.807, 2.05) is 23.1 Å². The number of nitrogens with one attached hydrogen (secondary N) is 1. The Morgan fingerprint density at radius 1 is 1.22 bits per heavy atom. The molecule has 1 aliphatic rings. The summed E-state index contributed by atoms with van der Waals surface area (Å²) >= 11 is 0. The van der Waals surface area contributed by atoms with Crippen molar-refractivity contribution < 1.29 is 18.5 Å². The minimum Gasteiger partial charge on any atom is -0.459 e. The zero-order chi connectivity index (χ0) is 18.6. The van der Waals surface area contributed by atoms with Gasteiger partial charge in [0, 0.05) is 12.2 Å². The Hall–Kier alpha value is -2.93. The zero-order valence-electron chi connectivity index (χ0n) is 15.4. The molecule has 1 unspecified atom stereocenters. The van der Waals surface area contributed by atoms with Crippen LogP contribution >= 0.6 is 0 Å². The van der Waals surface area contributed by atoms with Crippen molar-refractivity contribution in [1.29, 1.82) is 0 Å². The van der Waals surface area contributed by atoms with Gasteiger partial charge in [-0.3, -0.25) is 4.79 Å². The SMILES string of the molecule is CCC[NH+](CC(=O)N1CCc2ccccc21)Cc1nnc(-c2ccco2)o1. The Morgan fingerprint density at radius 2 is 2.11 bits per heavy atom. The number of quaternary nitrogens is 1. The molecule has 0 aliphatic carbocycles. The molecule has 3 heterocycles. The molecular weight excluding hydrogens is 344 g/mol. The molecule has 7 heteroatoms. The van der Waals surface area contributed by atoms with Crippen LogP contribution in [-0.2, 0) is 17.8 Å². The maximum Gasteiger partial charge on any atom is 0.283 e. The topological polar surface area (TPSA) is 76.8 Å². The molecule has 27 heavy (non-hydrogen) atoms. The highest BCUT2D eigenvalue weighted by atomic mass is 16.4. The van der Waals surface area contributed by atoms with Crippen molar-refractivity contribution in [2.24, 2.45) is 0 Å². The van der Waals surface area contributed by atoms with E-state index in [1.54, 1.807) is 18.4 Å². The molecule has 0 radical (unpaired) electrons. The number of carbonyl (C=O) groups excluding carboxylic acids is 1. The molecule has 0 saturated carbocycles. The zero-order valence-corrected chi connectivity index (χ0v) is 15.4. The van der Waals surface area contributed by atoms with Gasteiger partial charge in [-0.15, -0.1) is 10.2 Å². The van der Waals surface area contributed by atoms with Gasteiger partial charge in [0.2, 0.25) is 0 Å². The lowest BCUT2D eigenvalue weighted by Gasteiger charge is -2.21. The van der Waals surface area contributed by atoms with Crippen molar-refractivity contribution in [3.63, 3.8) is 0 Å². The molecule has 1 N–H and O–H groups in total. The summed E-state index contributed by atoms with van der Waals surface area (Å²) in [6, 6.07) is 11.7. The van der Waals surface area contributed by atoms with Crippen molar-refractivity contribution in [2.45, 2.75) is 26.3 Å². The van der Waals surface area contributed by atoms with Gasteiger partial charge in [0.1, 0.15) is 0 Å². The van der Waals surface area contributed by atoms with E-state index >= 15 is 0 Å². The number of furan rings is 1. The Bertz CT molecular complexity index is 904. The lowest BCUT2D eigenvalue weighted by atomic mass is 10.2. The number of fused-ring (bicyclic) bond motifs is 1. The quantitative estimate of drug-likeness (QED) is 0.688. The summed E-state index contributed by atoms with van der Waals surface area (Å²) in [4.78, 5) is 15.9. The second kappa shape index (κ2) is 7.75. The molecule has 1 atom stereocenters. The van der Waals surface area contributed by atoms with E-state index in [1.165, 1.54) is 5.56 Å². The van der Waals surface area contributed by atoms with E-state index in [-0.39, 0.29) is 5.91 Å². The number of benzene rings is 1. The van der Waals surface area contributed by atoms with Crippen LogP contribution in [0.4, 0.5) is 5.69 Å². The van der Waals surface area contributed by atoms with E-state index in [0.29, 0.717) is 30.6 Å². The van der Waals surface area contributed by atoms with Gasteiger partial charge in [0.05, 0.1) is 12.8 Å². The van der Waals surface area contributed by atoms with E-state index in [2.05, 4.69) is 23.2 Å². The van der Waals surface area contributed by atoms with Crippen LogP contribution in [0.2, 0.25) is 0 Å². The molecule has 0 saturated heterocycles. The summed E-state index contributed by atoms with van der Waals surface area (Å²) in [7, 11) is 0. The Kier molecular flexibility index (Phi) is 5.02. The van der Waals surface area contributed by atoms with Crippen molar-refractivity contribution in [2.75, 3.05) is 24.5 Å². The number of nitrogens with zero attached hydrogens (tertiary/aromatic N) is 3. The van der Waals surface area contributed by atoms with E-state index < -0.39 is 0 Å². The maximum absolute atomic E-state index is 12.9. The first kappa shape index (κ1) is 17.5. The first-order chi connectivity index (χ1) is 13.2. The molecule has 0 bridgehead atoms. The van der Waals surface area contributed by atoms with E-state index in [0.717, 1.165) is 36.5 Å². The average Bonchev–Trinajstić information content (AvgIpc) is 3.41. The number of hydrogen-bond donors (Lipinski definition) is 1. The van der Waals surface area contributed by atoms with Crippen molar-refractivity contribution >= 4 is 11.6 Å². The predicted molar refractivity (Wildman–Crippen MR) is 99.2 cm³/mol. The van der Waals surface area contributed by atoms with Gasteiger partial charge in [-0.25, -0.2) is 0 Å². The van der Waals surface area contributed by atoms with Gasteiger partial charge in [0.25, 0.3) is 17.7 Å². The monoisotopic (exact) mass is 367 g/mol. The number of hydrogen-bond acceptors (Lipinski definition) is 5. The summed E-state index contributed by atoms with van der Waals surface area (Å²) in [6.45, 7) is 4.64. The number of amides is 1. The smallest absolute Gasteiger partial charge is 0.283 e. The van der Waals surface area contributed by atoms with E-state index in [9.17, 15) is 4.79 Å². The second-order valence-electron chi connectivity index (χ2n) is 6.76. The fourth-order valence-corrected chi connectivity index (χ4v) is 3.54. The fraction of sp³-hybridized carbons (Fsp3) is 0.350. The predicted octanol–water partition coefficient (Wildman–Crippen LogP) is 1.71. The third-order valence-corrected chi connectivity index (χ3v) is 4.79. The Labute approximate surface area is 157 Å². The van der Waals surface area contributed by atoms with Crippen molar-refractivity contribution in [1.82, 2.24) is 10.2 Å². The first-order valence-electron chi connectivity index (χ1n) is 9.32. The lowest BCUT2D eigenvalue weighted by molar-refractivity contribution is -0.907. The molecule has 2 aromatic heterocycles. The first-order valence-corrected chi connectivity index (χ1v) is 9.32. The number of para-hydroxylation sites is 1. The maximum atomic E-state index is 12.9. The molecule has 3 aromatic rings. The van der Waals surface area contributed by atoms with Crippen LogP contribution in [0.1, 0.15) is 24.8 Å². The Morgan fingerprint density at radius 3 is 2.93 bits per heavy atom. The minimum absolute atomic E-state index is 0.133. The molecule has 1 aromatic carbocycles. The van der Waals surface area contributed by atoms with Crippen LogP contribution in [0, 0.1) is 0 Å². The molecule has 1 aliphatic heterocycles. The van der Waals surface area contributed by atoms with Gasteiger partial charge < -0.3 is 18.6 Å². The van der Waals surface area contributed by atoms with Crippen LogP contribution in [-0.4, -0.2) is 35.7 Å². The molecule has 0 fully saturated rings. The molecule has 140 valence electrons. The summed E-state index contributed by atoms with van der Waals surface area (Å²) in [5.41, 5.74) is 2.28. The van der Waals surface area contributed by atoms with Gasteiger partial charge in [-0.2, -0.15) is 0 Å². The van der Waals surface area contributed by atoms with Gasteiger partial charge in [-0.1, -0.05) is 25.1 Å². The fourth-order valence-electron chi connectivity index (χ4n) is 3.54. The Balaban J connectivity index is 1.43. The van der Waals surface area contributed by atoms with Crippen LogP contribution in [0.3, 0.4) is 0 Å². The van der Waals surface area contributed by atoms with Gasteiger partial charge in [0.15, 0.2) is 18.8 Å². The van der Waals surface area contributed by atoms with Gasteiger partial charge >= 0.3 is 0 Å². The normalized spacial score (nSPS) is 14.3. The number of carbonyl (C=O) groups is 1. The number of aromatic nitrogens is 2. The summed E-state index contributed by atoms with van der Waals surface area (Å²) in [5, 5.41) is 8.15. The highest BCUT2D eigenvalue weighted by molar-refractivity contribution is 5.96. The molecule has 0 spiro atoms. The lowest BCUT2D eigenvalue weighted by Crippen LogP contribution is -3.12. The molecule has 4 rings (SSSR count). The van der Waals surface area contributed by atoms with E-state index in [4.69, 9.17) is 8.83 Å². The number of anilines is 1. The van der Waals surface area contributed by atoms with Crippen molar-refractivity contribution in [3.8, 4) is 11.7 Å². The summed E-state index contributed by atoms with van der Waals surface area (Å²) in [5.74, 6) is 1.56. The highest BCUT2D eigenvalue weighted by Crippen LogP contribution is 2.27. The average molecular weight is 367 g/mol. The third-order valence-electron chi connectivity index (χ3n) is 4.79. The van der Waals surface area contributed by atoms with Crippen LogP contribution in [0.15, 0.2) is 51.5 Å². The molecular formula is C20H23N4O3+. The third kappa shape index (κ3) is 3.78.